The van der Waals surface area contributed by atoms with Gasteiger partial charge in [-0.05, 0) is 46.0 Å². The molecule has 4 aromatic heterocycles. The van der Waals surface area contributed by atoms with Gasteiger partial charge in [0.2, 0.25) is 0 Å². The summed E-state index contributed by atoms with van der Waals surface area (Å²) in [6.45, 7) is 0. The second kappa shape index (κ2) is 6.72. The van der Waals surface area contributed by atoms with Gasteiger partial charge in [0.05, 0.1) is 9.75 Å². The topological polar surface area (TPSA) is 38.1 Å². The molecule has 0 saturated heterocycles. The molecule has 5 heterocycles. The number of allylic oxidation sites excluding steroid dienone is 1. The number of rotatable bonds is 3. The molecule has 0 radical (unpaired) electrons. The smallest absolute Gasteiger partial charge is 0.178 e. The van der Waals surface area contributed by atoms with Crippen molar-refractivity contribution in [2.75, 3.05) is 0 Å². The average molecular weight is 392 g/mol. The number of aromatic nitrogens is 2. The number of nitrogens with zero attached hydrogens (tertiary/aromatic N) is 3. The lowest BCUT2D eigenvalue weighted by molar-refractivity contribution is 1.18. The van der Waals surface area contributed by atoms with Crippen LogP contribution in [0, 0.1) is 0 Å². The van der Waals surface area contributed by atoms with Crippen molar-refractivity contribution >= 4 is 57.7 Å². The Bertz CT molecular complexity index is 1090. The summed E-state index contributed by atoms with van der Waals surface area (Å²) in [6, 6.07) is 12.5. The van der Waals surface area contributed by atoms with Crippen molar-refractivity contribution in [2.24, 2.45) is 4.99 Å². The van der Waals surface area contributed by atoms with Gasteiger partial charge in [-0.15, -0.1) is 34.0 Å². The van der Waals surface area contributed by atoms with Gasteiger partial charge in [0.25, 0.3) is 0 Å². The summed E-state index contributed by atoms with van der Waals surface area (Å²) >= 11 is 5.11. The quantitative estimate of drug-likeness (QED) is 0.392. The maximum Gasteiger partial charge on any atom is 0.178 e. The maximum absolute atomic E-state index is 5.00. The summed E-state index contributed by atoms with van der Waals surface area (Å²) in [5, 5.41) is 6.24. The van der Waals surface area contributed by atoms with Crippen molar-refractivity contribution in [1.82, 2.24) is 9.97 Å². The van der Waals surface area contributed by atoms with Gasteiger partial charge >= 0.3 is 0 Å². The van der Waals surface area contributed by atoms with Crippen LogP contribution in [0.15, 0.2) is 57.5 Å². The zero-order valence-electron chi connectivity index (χ0n) is 13.6. The molecule has 3 nitrogen and oxygen atoms in total. The first kappa shape index (κ1) is 15.8. The largest absolute Gasteiger partial charge is 0.241 e. The average Bonchev–Trinajstić information content (AvgIpc) is 3.41. The molecule has 6 heteroatoms. The SMILES string of the molecule is C1=Nc2nc(-c3cccs3)c(-c3cccs3)nc2C=C(c2cccs2)C1. The van der Waals surface area contributed by atoms with Crippen molar-refractivity contribution in [1.29, 1.82) is 0 Å². The van der Waals surface area contributed by atoms with E-state index in [0.29, 0.717) is 5.82 Å². The molecule has 0 N–H and O–H groups in total. The zero-order chi connectivity index (χ0) is 17.3. The molecule has 0 amide bonds. The minimum Gasteiger partial charge on any atom is -0.241 e. The van der Waals surface area contributed by atoms with Crippen LogP contribution in [0.4, 0.5) is 5.82 Å². The van der Waals surface area contributed by atoms with Crippen LogP contribution in [-0.4, -0.2) is 16.2 Å². The molecule has 0 aromatic carbocycles. The van der Waals surface area contributed by atoms with Gasteiger partial charge in [-0.25, -0.2) is 15.0 Å². The standard InChI is InChI=1S/C20H13N3S3/c1-4-15(24-9-1)13-7-8-21-20-14(12-13)22-18(16-5-2-10-25-16)19(23-20)17-6-3-11-26-17/h1-6,8-12H,7H2. The van der Waals surface area contributed by atoms with Crippen LogP contribution in [0.1, 0.15) is 17.0 Å². The van der Waals surface area contributed by atoms with E-state index < -0.39 is 0 Å². The zero-order valence-corrected chi connectivity index (χ0v) is 16.1. The molecule has 4 aromatic rings. The Morgan fingerprint density at radius 2 is 1.35 bits per heavy atom. The molecule has 1 aliphatic heterocycles. The van der Waals surface area contributed by atoms with Crippen LogP contribution in [0.3, 0.4) is 0 Å². The summed E-state index contributed by atoms with van der Waals surface area (Å²) in [6.07, 6.45) is 4.87. The maximum atomic E-state index is 5.00. The Labute approximate surface area is 163 Å². The predicted molar refractivity (Wildman–Crippen MR) is 114 cm³/mol. The molecule has 0 fully saturated rings. The summed E-state index contributed by atoms with van der Waals surface area (Å²) in [7, 11) is 0. The van der Waals surface area contributed by atoms with Crippen LogP contribution in [0.5, 0.6) is 0 Å². The van der Waals surface area contributed by atoms with Gasteiger partial charge in [-0.3, -0.25) is 0 Å². The van der Waals surface area contributed by atoms with Gasteiger partial charge in [-0.2, -0.15) is 0 Å². The first-order valence-corrected chi connectivity index (χ1v) is 10.8. The van der Waals surface area contributed by atoms with Crippen molar-refractivity contribution in [3.63, 3.8) is 0 Å². The van der Waals surface area contributed by atoms with Gasteiger partial charge < -0.3 is 0 Å². The number of fused-ring (bicyclic) bond motifs is 1. The van der Waals surface area contributed by atoms with Gasteiger partial charge in [-0.1, -0.05) is 18.2 Å². The van der Waals surface area contributed by atoms with Gasteiger partial charge in [0.1, 0.15) is 17.1 Å². The molecule has 0 bridgehead atoms. The van der Waals surface area contributed by atoms with Crippen LogP contribution in [0.2, 0.25) is 0 Å². The minimum absolute atomic E-state index is 0.695. The molecule has 0 atom stereocenters. The van der Waals surface area contributed by atoms with Crippen molar-refractivity contribution in [3.8, 4) is 21.1 Å². The van der Waals surface area contributed by atoms with E-state index in [1.54, 1.807) is 34.0 Å². The molecule has 5 rings (SSSR count). The molecular formula is C20H13N3S3. The highest BCUT2D eigenvalue weighted by atomic mass is 32.1. The van der Waals surface area contributed by atoms with E-state index in [1.165, 1.54) is 10.5 Å². The lowest BCUT2D eigenvalue weighted by atomic mass is 10.1. The van der Waals surface area contributed by atoms with Crippen molar-refractivity contribution in [2.45, 2.75) is 6.42 Å². The summed E-state index contributed by atoms with van der Waals surface area (Å²) in [4.78, 5) is 18.0. The lowest BCUT2D eigenvalue weighted by Gasteiger charge is -2.09. The second-order valence-corrected chi connectivity index (χ2v) is 8.59. The Morgan fingerprint density at radius 1 is 0.731 bits per heavy atom. The molecule has 126 valence electrons. The van der Waals surface area contributed by atoms with Crippen molar-refractivity contribution < 1.29 is 0 Å². The third kappa shape index (κ3) is 2.86. The molecule has 0 saturated carbocycles. The molecule has 1 aliphatic rings. The Morgan fingerprint density at radius 3 is 1.96 bits per heavy atom. The van der Waals surface area contributed by atoms with E-state index in [-0.39, 0.29) is 0 Å². The first-order valence-electron chi connectivity index (χ1n) is 8.15. The van der Waals surface area contributed by atoms with E-state index >= 15 is 0 Å². The molecule has 0 aliphatic carbocycles. The third-order valence-electron chi connectivity index (χ3n) is 4.09. The van der Waals surface area contributed by atoms with E-state index in [2.05, 4.69) is 57.5 Å². The monoisotopic (exact) mass is 391 g/mol. The van der Waals surface area contributed by atoms with Gasteiger partial charge in [0.15, 0.2) is 5.82 Å². The van der Waals surface area contributed by atoms with E-state index in [0.717, 1.165) is 33.3 Å². The third-order valence-corrected chi connectivity index (χ3v) is 6.78. The number of hydrogen-bond acceptors (Lipinski definition) is 6. The Kier molecular flexibility index (Phi) is 4.09. The van der Waals surface area contributed by atoms with Crippen LogP contribution in [-0.2, 0) is 0 Å². The summed E-state index contributed by atoms with van der Waals surface area (Å²) in [5.74, 6) is 0.695. The Hall–Kier alpha value is -2.41. The molecule has 0 spiro atoms. The predicted octanol–water partition coefficient (Wildman–Crippen LogP) is 6.64. The number of aliphatic imine (C=N–C) groups is 1. The fourth-order valence-corrected chi connectivity index (χ4v) is 5.07. The summed E-state index contributed by atoms with van der Waals surface area (Å²) in [5.41, 5.74) is 3.91. The molecular weight excluding hydrogens is 378 g/mol. The lowest BCUT2D eigenvalue weighted by Crippen LogP contribution is -1.95. The van der Waals surface area contributed by atoms with E-state index in [1.807, 2.05) is 12.3 Å². The van der Waals surface area contributed by atoms with E-state index in [9.17, 15) is 0 Å². The molecule has 26 heavy (non-hydrogen) atoms. The highest BCUT2D eigenvalue weighted by molar-refractivity contribution is 7.14. The summed E-state index contributed by atoms with van der Waals surface area (Å²) < 4.78 is 0. The van der Waals surface area contributed by atoms with Crippen LogP contribution in [0.25, 0.3) is 32.8 Å². The number of thiophene rings is 3. The second-order valence-electron chi connectivity index (χ2n) is 5.75. The fraction of sp³-hybridized carbons (Fsp3) is 0.0500. The van der Waals surface area contributed by atoms with Crippen LogP contribution >= 0.6 is 34.0 Å². The first-order chi connectivity index (χ1) is 12.9. The van der Waals surface area contributed by atoms with Crippen LogP contribution < -0.4 is 0 Å². The Balaban J connectivity index is 1.73. The normalized spacial score (nSPS) is 13.3. The molecule has 0 unspecified atom stereocenters. The highest BCUT2D eigenvalue weighted by Gasteiger charge is 2.18. The highest BCUT2D eigenvalue weighted by Crippen LogP contribution is 2.38. The van der Waals surface area contributed by atoms with E-state index in [4.69, 9.17) is 9.97 Å². The number of hydrogen-bond donors (Lipinski definition) is 0. The fourth-order valence-electron chi connectivity index (χ4n) is 2.89. The van der Waals surface area contributed by atoms with Crippen molar-refractivity contribution in [3.05, 3.63) is 63.1 Å². The minimum atomic E-state index is 0.695. The van der Waals surface area contributed by atoms with Gasteiger partial charge in [0, 0.05) is 17.5 Å².